The molecule has 1 unspecified atom stereocenters. The molecule has 2 rings (SSSR count). The summed E-state index contributed by atoms with van der Waals surface area (Å²) in [4.78, 5) is 25.3. The molecule has 0 bridgehead atoms. The number of urea groups is 1. The van der Waals surface area contributed by atoms with Crippen LogP contribution in [0.5, 0.6) is 0 Å². The van der Waals surface area contributed by atoms with Crippen molar-refractivity contribution in [3.63, 3.8) is 0 Å². The van der Waals surface area contributed by atoms with E-state index in [0.29, 0.717) is 13.0 Å². The molecule has 0 radical (unpaired) electrons. The maximum Gasteiger partial charge on any atom is 0.312 e. The molecule has 24 heavy (non-hydrogen) atoms. The lowest BCUT2D eigenvalue weighted by Crippen LogP contribution is -2.34. The second-order valence-corrected chi connectivity index (χ2v) is 6.36. The molecule has 0 aliphatic carbocycles. The predicted octanol–water partition coefficient (Wildman–Crippen LogP) is 3.12. The molecular weight excluding hydrogens is 306 g/mol. The van der Waals surface area contributed by atoms with Gasteiger partial charge in [-0.15, -0.1) is 0 Å². The summed E-state index contributed by atoms with van der Waals surface area (Å²) in [7, 11) is 0. The van der Waals surface area contributed by atoms with Crippen LogP contribution in [0.4, 0.5) is 4.79 Å². The van der Waals surface area contributed by atoms with Gasteiger partial charge in [-0.1, -0.05) is 19.8 Å². The van der Waals surface area contributed by atoms with Gasteiger partial charge in [-0.05, 0) is 37.8 Å². The van der Waals surface area contributed by atoms with Crippen LogP contribution in [0.3, 0.4) is 0 Å². The molecule has 6 heteroatoms. The van der Waals surface area contributed by atoms with E-state index in [1.165, 1.54) is 0 Å². The molecule has 1 atom stereocenters. The van der Waals surface area contributed by atoms with E-state index in [9.17, 15) is 9.59 Å². The number of rotatable bonds is 7. The van der Waals surface area contributed by atoms with E-state index < -0.39 is 6.03 Å². The van der Waals surface area contributed by atoms with Crippen molar-refractivity contribution in [2.24, 2.45) is 5.73 Å². The number of furan rings is 1. The van der Waals surface area contributed by atoms with Gasteiger partial charge in [0.1, 0.15) is 11.5 Å². The molecule has 1 fully saturated rings. The average molecular weight is 335 g/mol. The molecule has 3 N–H and O–H groups in total. The Bertz CT molecular complexity index is 541. The minimum absolute atomic E-state index is 0.0593. The van der Waals surface area contributed by atoms with E-state index in [1.807, 2.05) is 17.0 Å². The lowest BCUT2D eigenvalue weighted by atomic mass is 10.1. The Hall–Kier alpha value is -1.98. The van der Waals surface area contributed by atoms with Gasteiger partial charge in [-0.3, -0.25) is 4.79 Å². The number of unbranched alkanes of at least 4 members (excludes halogenated alkanes) is 1. The van der Waals surface area contributed by atoms with Crippen molar-refractivity contribution in [1.82, 2.24) is 10.2 Å². The predicted molar refractivity (Wildman–Crippen MR) is 92.4 cm³/mol. The fraction of sp³-hybridized carbons (Fsp3) is 0.667. The molecule has 0 aromatic carbocycles. The minimum Gasteiger partial charge on any atom is -0.464 e. The summed E-state index contributed by atoms with van der Waals surface area (Å²) in [5, 5.41) is 2.55. The number of hydrogen-bond donors (Lipinski definition) is 2. The number of nitrogens with one attached hydrogen (secondary N) is 1. The maximum absolute atomic E-state index is 12.7. The number of nitrogens with two attached hydrogens (primary N) is 1. The summed E-state index contributed by atoms with van der Waals surface area (Å²) in [5.41, 5.74) is 5.03. The van der Waals surface area contributed by atoms with E-state index in [1.54, 1.807) is 0 Å². The van der Waals surface area contributed by atoms with Gasteiger partial charge in [-0.25, -0.2) is 4.79 Å². The molecule has 0 spiro atoms. The van der Waals surface area contributed by atoms with Crippen molar-refractivity contribution >= 4 is 11.9 Å². The Kier molecular flexibility index (Phi) is 7.15. The van der Waals surface area contributed by atoms with Crippen LogP contribution in [0.1, 0.15) is 69.4 Å². The molecule has 3 amide bonds. The van der Waals surface area contributed by atoms with Gasteiger partial charge in [0.2, 0.25) is 5.91 Å². The fourth-order valence-corrected chi connectivity index (χ4v) is 3.22. The summed E-state index contributed by atoms with van der Waals surface area (Å²) in [6.45, 7) is 3.38. The topological polar surface area (TPSA) is 88.6 Å². The molecule has 6 nitrogen and oxygen atoms in total. The van der Waals surface area contributed by atoms with Gasteiger partial charge in [-0.2, -0.15) is 0 Å². The van der Waals surface area contributed by atoms with Crippen LogP contribution in [-0.4, -0.2) is 29.9 Å². The minimum atomic E-state index is -0.515. The molecular formula is C18H29N3O3. The average Bonchev–Trinajstić information content (AvgIpc) is 2.90. The number of primary amides is 1. The van der Waals surface area contributed by atoms with Gasteiger partial charge in [0.05, 0.1) is 6.04 Å². The van der Waals surface area contributed by atoms with E-state index in [4.69, 9.17) is 10.2 Å². The summed E-state index contributed by atoms with van der Waals surface area (Å²) in [6.07, 6.45) is 7.17. The van der Waals surface area contributed by atoms with Crippen molar-refractivity contribution in [2.75, 3.05) is 13.1 Å². The molecule has 1 aliphatic heterocycles. The van der Waals surface area contributed by atoms with Crippen LogP contribution >= 0.6 is 0 Å². The van der Waals surface area contributed by atoms with E-state index in [0.717, 1.165) is 63.0 Å². The zero-order chi connectivity index (χ0) is 17.4. The third-order valence-electron chi connectivity index (χ3n) is 4.55. The summed E-state index contributed by atoms with van der Waals surface area (Å²) in [5.74, 6) is 2.06. The number of carbonyl (C=O) groups is 2. The van der Waals surface area contributed by atoms with Gasteiger partial charge >= 0.3 is 6.03 Å². The first-order chi connectivity index (χ1) is 11.6. The number of nitrogens with zero attached hydrogens (tertiary/aromatic N) is 1. The Morgan fingerprint density at radius 2 is 2.12 bits per heavy atom. The van der Waals surface area contributed by atoms with Gasteiger partial charge < -0.3 is 20.4 Å². The molecule has 1 aromatic heterocycles. The highest BCUT2D eigenvalue weighted by atomic mass is 16.3. The maximum atomic E-state index is 12.7. The van der Waals surface area contributed by atoms with E-state index in [-0.39, 0.29) is 11.9 Å². The number of hydrogen-bond acceptors (Lipinski definition) is 3. The number of aryl methyl sites for hydroxylation is 1. The lowest BCUT2D eigenvalue weighted by molar-refractivity contribution is -0.134. The zero-order valence-corrected chi connectivity index (χ0v) is 14.6. The Morgan fingerprint density at radius 1 is 1.29 bits per heavy atom. The summed E-state index contributed by atoms with van der Waals surface area (Å²) < 4.78 is 5.92. The van der Waals surface area contributed by atoms with Crippen LogP contribution < -0.4 is 11.1 Å². The van der Waals surface area contributed by atoms with Crippen LogP contribution in [0.25, 0.3) is 0 Å². The standard InChI is InChI=1S/C18H29N3O3/c1-2-14-10-11-16(24-14)15-8-4-3-7-13-21(15)17(22)9-5-6-12-20-18(19)23/h10-11,15H,2-9,12-13H2,1H3,(H3,19,20,23). The zero-order valence-electron chi connectivity index (χ0n) is 14.6. The molecule has 1 aromatic rings. The Morgan fingerprint density at radius 3 is 2.83 bits per heavy atom. The summed E-state index contributed by atoms with van der Waals surface area (Å²) >= 11 is 0. The first-order valence-corrected chi connectivity index (χ1v) is 9.03. The largest absolute Gasteiger partial charge is 0.464 e. The van der Waals surface area contributed by atoms with Gasteiger partial charge in [0, 0.05) is 25.9 Å². The second kappa shape index (κ2) is 9.35. The van der Waals surface area contributed by atoms with Crippen LogP contribution in [-0.2, 0) is 11.2 Å². The highest BCUT2D eigenvalue weighted by Gasteiger charge is 2.28. The van der Waals surface area contributed by atoms with Crippen molar-refractivity contribution < 1.29 is 14.0 Å². The van der Waals surface area contributed by atoms with Crippen LogP contribution in [0.15, 0.2) is 16.5 Å². The van der Waals surface area contributed by atoms with Crippen LogP contribution in [0.2, 0.25) is 0 Å². The Labute approximate surface area is 143 Å². The number of carbonyl (C=O) groups excluding carboxylic acids is 2. The first-order valence-electron chi connectivity index (χ1n) is 9.03. The van der Waals surface area contributed by atoms with E-state index in [2.05, 4.69) is 12.2 Å². The quantitative estimate of drug-likeness (QED) is 0.750. The molecule has 1 saturated heterocycles. The Balaban J connectivity index is 1.92. The van der Waals surface area contributed by atoms with Crippen molar-refractivity contribution in [1.29, 1.82) is 0 Å². The molecule has 0 saturated carbocycles. The normalized spacial score (nSPS) is 18.2. The lowest BCUT2D eigenvalue weighted by Gasteiger charge is -2.29. The highest BCUT2D eigenvalue weighted by Crippen LogP contribution is 2.32. The van der Waals surface area contributed by atoms with Crippen molar-refractivity contribution in [2.45, 2.75) is 64.3 Å². The van der Waals surface area contributed by atoms with Crippen LogP contribution in [0, 0.1) is 0 Å². The second-order valence-electron chi connectivity index (χ2n) is 6.36. The molecule has 1 aliphatic rings. The third-order valence-corrected chi connectivity index (χ3v) is 4.55. The number of likely N-dealkylation sites (tertiary alicyclic amines) is 1. The molecule has 2 heterocycles. The monoisotopic (exact) mass is 335 g/mol. The number of amides is 3. The first kappa shape index (κ1) is 18.4. The smallest absolute Gasteiger partial charge is 0.312 e. The van der Waals surface area contributed by atoms with Gasteiger partial charge in [0.25, 0.3) is 0 Å². The van der Waals surface area contributed by atoms with Crippen molar-refractivity contribution in [3.8, 4) is 0 Å². The molecule has 134 valence electrons. The van der Waals surface area contributed by atoms with Crippen molar-refractivity contribution in [3.05, 3.63) is 23.7 Å². The van der Waals surface area contributed by atoms with Gasteiger partial charge in [0.15, 0.2) is 0 Å². The SMILES string of the molecule is CCc1ccc(C2CCCCCN2C(=O)CCCCNC(N)=O)o1. The third kappa shape index (κ3) is 5.28. The highest BCUT2D eigenvalue weighted by molar-refractivity contribution is 5.76. The summed E-state index contributed by atoms with van der Waals surface area (Å²) in [6, 6.07) is 3.58. The van der Waals surface area contributed by atoms with E-state index >= 15 is 0 Å². The fourth-order valence-electron chi connectivity index (χ4n) is 3.22.